The van der Waals surface area contributed by atoms with Crippen LogP contribution in [0.1, 0.15) is 11.4 Å². The largest absolute Gasteiger partial charge is 0.457 e. The van der Waals surface area contributed by atoms with E-state index in [1.54, 1.807) is 16.9 Å². The maximum absolute atomic E-state index is 13.3. The highest BCUT2D eigenvalue weighted by molar-refractivity contribution is 5.63. The first-order chi connectivity index (χ1) is 17.4. The van der Waals surface area contributed by atoms with Gasteiger partial charge in [0.05, 0.1) is 29.5 Å². The van der Waals surface area contributed by atoms with Crippen molar-refractivity contribution in [3.05, 3.63) is 96.7 Å². The van der Waals surface area contributed by atoms with Gasteiger partial charge in [0.15, 0.2) is 0 Å². The number of nitrogens with zero attached hydrogens (tertiary/aromatic N) is 5. The zero-order chi connectivity index (χ0) is 25.0. The van der Waals surface area contributed by atoms with Gasteiger partial charge in [-0.1, -0.05) is 23.4 Å². The number of anilines is 1. The van der Waals surface area contributed by atoms with Crippen LogP contribution in [0.2, 0.25) is 0 Å². The quantitative estimate of drug-likeness (QED) is 0.297. The van der Waals surface area contributed by atoms with E-state index in [0.29, 0.717) is 35.7 Å². The number of halogens is 3. The van der Waals surface area contributed by atoms with E-state index in [1.165, 1.54) is 12.4 Å². The lowest BCUT2D eigenvalue weighted by molar-refractivity contribution is -0.141. The molecule has 5 rings (SSSR count). The number of nitrogens with one attached hydrogen (secondary N) is 2. The molecular formula is C25H20F3N7O. The SMILES string of the molecule is FC(F)(F)c1cc(NCCc2cn(-c3ccc(Oc4ccccc4)cc3)nn2)cc(-c2cn[nH]c2)n1. The third kappa shape index (κ3) is 5.52. The third-order valence-corrected chi connectivity index (χ3v) is 5.24. The lowest BCUT2D eigenvalue weighted by Gasteiger charge is -2.12. The molecule has 2 N–H and O–H groups in total. The first-order valence-electron chi connectivity index (χ1n) is 11.0. The van der Waals surface area contributed by atoms with Gasteiger partial charge in [-0.15, -0.1) is 5.10 Å². The minimum atomic E-state index is -4.57. The van der Waals surface area contributed by atoms with Crippen LogP contribution in [0.5, 0.6) is 11.5 Å². The Bertz CT molecular complexity index is 1420. The monoisotopic (exact) mass is 491 g/mol. The van der Waals surface area contributed by atoms with E-state index in [1.807, 2.05) is 54.6 Å². The molecule has 0 atom stereocenters. The summed E-state index contributed by atoms with van der Waals surface area (Å²) in [6.07, 6.45) is 0.579. The van der Waals surface area contributed by atoms with Crippen LogP contribution in [-0.4, -0.2) is 36.7 Å². The number of rotatable bonds is 8. The zero-order valence-corrected chi connectivity index (χ0v) is 18.8. The van der Waals surface area contributed by atoms with E-state index in [4.69, 9.17) is 4.74 Å². The average molecular weight is 491 g/mol. The van der Waals surface area contributed by atoms with E-state index >= 15 is 0 Å². The van der Waals surface area contributed by atoms with Crippen LogP contribution in [0, 0.1) is 0 Å². The Balaban J connectivity index is 1.22. The summed E-state index contributed by atoms with van der Waals surface area (Å²) in [5.74, 6) is 1.44. The number of H-pyrrole nitrogens is 1. The summed E-state index contributed by atoms with van der Waals surface area (Å²) >= 11 is 0. The van der Waals surface area contributed by atoms with Crippen molar-refractivity contribution in [2.75, 3.05) is 11.9 Å². The molecule has 182 valence electrons. The Morgan fingerprint density at radius 2 is 1.75 bits per heavy atom. The second-order valence-corrected chi connectivity index (χ2v) is 7.85. The average Bonchev–Trinajstić information content (AvgIpc) is 3.58. The summed E-state index contributed by atoms with van der Waals surface area (Å²) in [6.45, 7) is 0.356. The summed E-state index contributed by atoms with van der Waals surface area (Å²) in [7, 11) is 0. The molecule has 8 nitrogen and oxygen atoms in total. The Morgan fingerprint density at radius 3 is 2.47 bits per heavy atom. The fourth-order valence-corrected chi connectivity index (χ4v) is 3.48. The molecular weight excluding hydrogens is 471 g/mol. The predicted molar refractivity (Wildman–Crippen MR) is 127 cm³/mol. The van der Waals surface area contributed by atoms with Crippen molar-refractivity contribution < 1.29 is 17.9 Å². The second-order valence-electron chi connectivity index (χ2n) is 7.85. The number of aromatic amines is 1. The molecule has 0 saturated carbocycles. The van der Waals surface area contributed by atoms with Gasteiger partial charge in [0, 0.05) is 30.4 Å². The standard InChI is InChI=1S/C25H20F3N7O/c26-25(27,28)24-13-19(12-23(32-24)17-14-30-31-15-17)29-11-10-18-16-35(34-33-18)20-6-8-22(9-7-20)36-21-4-2-1-3-5-21/h1-9,12-16H,10-11H2,(H,29,32)(H,30,31). The van der Waals surface area contributed by atoms with E-state index in [-0.39, 0.29) is 5.69 Å². The molecule has 0 radical (unpaired) electrons. The Hall–Kier alpha value is -4.67. The highest BCUT2D eigenvalue weighted by atomic mass is 19.4. The van der Waals surface area contributed by atoms with Crippen LogP contribution in [0.25, 0.3) is 16.9 Å². The Kier molecular flexibility index (Phi) is 6.35. The fraction of sp³-hybridized carbons (Fsp3) is 0.120. The number of para-hydroxylation sites is 1. The van der Waals surface area contributed by atoms with Crippen molar-refractivity contribution in [2.45, 2.75) is 12.6 Å². The molecule has 0 amide bonds. The molecule has 2 aromatic carbocycles. The normalized spacial score (nSPS) is 11.4. The van der Waals surface area contributed by atoms with Gasteiger partial charge in [-0.25, -0.2) is 9.67 Å². The fourth-order valence-electron chi connectivity index (χ4n) is 3.48. The molecule has 36 heavy (non-hydrogen) atoms. The maximum Gasteiger partial charge on any atom is 0.433 e. The van der Waals surface area contributed by atoms with Gasteiger partial charge in [0.2, 0.25) is 0 Å². The Labute approximate surface area is 203 Å². The van der Waals surface area contributed by atoms with Crippen molar-refractivity contribution in [1.82, 2.24) is 30.2 Å². The van der Waals surface area contributed by atoms with Crippen molar-refractivity contribution in [3.63, 3.8) is 0 Å². The van der Waals surface area contributed by atoms with Crippen LogP contribution < -0.4 is 10.1 Å². The summed E-state index contributed by atoms with van der Waals surface area (Å²) in [4.78, 5) is 3.72. The van der Waals surface area contributed by atoms with E-state index < -0.39 is 11.9 Å². The smallest absolute Gasteiger partial charge is 0.433 e. The second kappa shape index (κ2) is 9.90. The van der Waals surface area contributed by atoms with Gasteiger partial charge < -0.3 is 10.1 Å². The van der Waals surface area contributed by atoms with E-state index in [0.717, 1.165) is 17.5 Å². The molecule has 3 aromatic heterocycles. The van der Waals surface area contributed by atoms with Gasteiger partial charge in [-0.2, -0.15) is 18.3 Å². The molecule has 0 aliphatic heterocycles. The third-order valence-electron chi connectivity index (χ3n) is 5.24. The van der Waals surface area contributed by atoms with E-state index in [9.17, 15) is 13.2 Å². The highest BCUT2D eigenvalue weighted by Gasteiger charge is 2.33. The highest BCUT2D eigenvalue weighted by Crippen LogP contribution is 2.32. The molecule has 0 spiro atoms. The van der Waals surface area contributed by atoms with Gasteiger partial charge in [0.25, 0.3) is 0 Å². The number of hydrogen-bond donors (Lipinski definition) is 2. The first-order valence-corrected chi connectivity index (χ1v) is 11.0. The van der Waals surface area contributed by atoms with Gasteiger partial charge >= 0.3 is 6.18 Å². The van der Waals surface area contributed by atoms with Crippen molar-refractivity contribution >= 4 is 5.69 Å². The molecule has 3 heterocycles. The lowest BCUT2D eigenvalue weighted by Crippen LogP contribution is -2.11. The molecule has 0 fully saturated rings. The number of alkyl halides is 3. The van der Waals surface area contributed by atoms with Crippen LogP contribution in [0.3, 0.4) is 0 Å². The minimum absolute atomic E-state index is 0.173. The summed E-state index contributed by atoms with van der Waals surface area (Å²) in [5.41, 5.74) is 1.45. The lowest BCUT2D eigenvalue weighted by atomic mass is 10.2. The summed E-state index contributed by atoms with van der Waals surface area (Å²) < 4.78 is 47.4. The molecule has 5 aromatic rings. The predicted octanol–water partition coefficient (Wildman–Crippen LogP) is 5.52. The van der Waals surface area contributed by atoms with Gasteiger partial charge in [0.1, 0.15) is 17.2 Å². The van der Waals surface area contributed by atoms with Crippen molar-refractivity contribution in [2.24, 2.45) is 0 Å². The molecule has 0 saturated heterocycles. The number of ether oxygens (including phenoxy) is 1. The maximum atomic E-state index is 13.3. The van der Waals surface area contributed by atoms with Gasteiger partial charge in [-0.05, 0) is 48.5 Å². The zero-order valence-electron chi connectivity index (χ0n) is 18.8. The van der Waals surface area contributed by atoms with Crippen LogP contribution in [0.4, 0.5) is 18.9 Å². The molecule has 0 bridgehead atoms. The summed E-state index contributed by atoms with van der Waals surface area (Å²) in [6, 6.07) is 19.4. The first kappa shape index (κ1) is 23.1. The van der Waals surface area contributed by atoms with Crippen LogP contribution in [-0.2, 0) is 12.6 Å². The number of aromatic nitrogens is 6. The topological polar surface area (TPSA) is 93.5 Å². The van der Waals surface area contributed by atoms with Crippen LogP contribution in [0.15, 0.2) is 85.3 Å². The van der Waals surface area contributed by atoms with Crippen molar-refractivity contribution in [1.29, 1.82) is 0 Å². The molecule has 0 aliphatic rings. The minimum Gasteiger partial charge on any atom is -0.457 e. The van der Waals surface area contributed by atoms with Crippen molar-refractivity contribution in [3.8, 4) is 28.4 Å². The Morgan fingerprint density at radius 1 is 0.972 bits per heavy atom. The number of pyridine rings is 1. The molecule has 0 unspecified atom stereocenters. The van der Waals surface area contributed by atoms with Gasteiger partial charge in [-0.3, -0.25) is 5.10 Å². The molecule has 11 heteroatoms. The summed E-state index contributed by atoms with van der Waals surface area (Å²) in [5, 5.41) is 17.7. The number of hydrogen-bond acceptors (Lipinski definition) is 6. The number of benzene rings is 2. The van der Waals surface area contributed by atoms with Crippen LogP contribution >= 0.6 is 0 Å². The molecule has 0 aliphatic carbocycles. The van der Waals surface area contributed by atoms with E-state index in [2.05, 4.69) is 30.8 Å².